The molecule has 1 N–H and O–H groups in total. The standard InChI is InChI=1S/C20H17F9O7S4/c1-3-13-4-6-14(7-5-13)12-37(2,16-10-8-15(30)9-11-16)20(38(31,32)17(21,22)23,39(33,34)18(24,25)26)40(35,36)19(27,28)29/h3-11,30H,1,12H2,2H3. The predicted molar refractivity (Wildman–Crippen MR) is 128 cm³/mol. The number of halogens is 9. The van der Waals surface area contributed by atoms with Crippen LogP contribution < -0.4 is 0 Å². The first-order valence-electron chi connectivity index (χ1n) is 9.95. The van der Waals surface area contributed by atoms with Crippen LogP contribution in [0.3, 0.4) is 0 Å². The van der Waals surface area contributed by atoms with E-state index in [9.17, 15) is 69.9 Å². The van der Waals surface area contributed by atoms with Crippen LogP contribution in [0.1, 0.15) is 11.1 Å². The molecule has 0 aliphatic heterocycles. The van der Waals surface area contributed by atoms with Crippen LogP contribution in [0.2, 0.25) is 0 Å². The van der Waals surface area contributed by atoms with E-state index in [0.717, 1.165) is 24.3 Å². The molecule has 0 aliphatic carbocycles. The summed E-state index contributed by atoms with van der Waals surface area (Å²) in [6.07, 6.45) is 1.17. The molecule has 1 atom stereocenters. The summed E-state index contributed by atoms with van der Waals surface area (Å²) < 4.78 is 197. The van der Waals surface area contributed by atoms with Gasteiger partial charge in [0, 0.05) is 5.75 Å². The Bertz CT molecular complexity index is 1490. The first-order chi connectivity index (χ1) is 17.8. The van der Waals surface area contributed by atoms with E-state index >= 15 is 0 Å². The monoisotopic (exact) mass is 668 g/mol. The van der Waals surface area contributed by atoms with Crippen molar-refractivity contribution >= 4 is 45.6 Å². The molecule has 40 heavy (non-hydrogen) atoms. The van der Waals surface area contributed by atoms with E-state index in [1.165, 1.54) is 6.08 Å². The van der Waals surface area contributed by atoms with Gasteiger partial charge in [-0.25, -0.2) is 25.3 Å². The summed E-state index contributed by atoms with van der Waals surface area (Å²) in [5.74, 6) is -2.46. The molecule has 7 nitrogen and oxygen atoms in total. The SMILES string of the molecule is C=Cc1ccc(CS(C)(c2ccc(O)cc2)C(S(=O)(=O)C(F)(F)F)(S(=O)(=O)C(F)(F)F)S(=O)(=O)C(F)(F)F)cc1. The van der Waals surface area contributed by atoms with Crippen LogP contribution in [0.5, 0.6) is 5.75 Å². The van der Waals surface area contributed by atoms with Crippen LogP contribution in [0, 0.1) is 0 Å². The van der Waals surface area contributed by atoms with E-state index < -0.39 is 80.8 Å². The average molecular weight is 669 g/mol. The first-order valence-corrected chi connectivity index (χ1v) is 16.6. The van der Waals surface area contributed by atoms with Crippen LogP contribution in [0.4, 0.5) is 39.5 Å². The van der Waals surface area contributed by atoms with Crippen molar-refractivity contribution in [1.29, 1.82) is 0 Å². The highest BCUT2D eigenvalue weighted by molar-refractivity contribution is 8.55. The molecule has 226 valence electrons. The highest BCUT2D eigenvalue weighted by Gasteiger charge is 2.88. The van der Waals surface area contributed by atoms with Gasteiger partial charge in [0.2, 0.25) is 0 Å². The van der Waals surface area contributed by atoms with Gasteiger partial charge in [-0.1, -0.05) is 36.9 Å². The van der Waals surface area contributed by atoms with E-state index in [1.807, 2.05) is 0 Å². The van der Waals surface area contributed by atoms with Crippen molar-refractivity contribution in [3.05, 3.63) is 66.2 Å². The zero-order valence-electron chi connectivity index (χ0n) is 19.5. The van der Waals surface area contributed by atoms with Crippen LogP contribution in [0.15, 0.2) is 60.0 Å². The van der Waals surface area contributed by atoms with Gasteiger partial charge in [0.15, 0.2) is 0 Å². The molecule has 20 heteroatoms. The minimum absolute atomic E-state index is 0.0172. The Hall–Kier alpha value is -2.45. The zero-order chi connectivity index (χ0) is 31.4. The Balaban J connectivity index is 3.47. The molecule has 0 saturated carbocycles. The number of hydrogen-bond acceptors (Lipinski definition) is 7. The van der Waals surface area contributed by atoms with Crippen LogP contribution in [0.25, 0.3) is 6.08 Å². The van der Waals surface area contributed by atoms with Crippen molar-refractivity contribution in [1.82, 2.24) is 0 Å². The van der Waals surface area contributed by atoms with Crippen molar-refractivity contribution < 1.29 is 69.9 Å². The topological polar surface area (TPSA) is 123 Å². The minimum atomic E-state index is -8.49. The fourth-order valence-electron chi connectivity index (χ4n) is 3.73. The Morgan fingerprint density at radius 3 is 1.32 bits per heavy atom. The Morgan fingerprint density at radius 2 is 1.02 bits per heavy atom. The summed E-state index contributed by atoms with van der Waals surface area (Å²) >= 11 is 0. The van der Waals surface area contributed by atoms with Crippen LogP contribution in [-0.4, -0.2) is 55.9 Å². The molecule has 0 bridgehead atoms. The van der Waals surface area contributed by atoms with E-state index in [1.54, 1.807) is 0 Å². The third-order valence-corrected chi connectivity index (χ3v) is 21.8. The molecule has 0 saturated heterocycles. The summed E-state index contributed by atoms with van der Waals surface area (Å²) in [7, 11) is -31.1. The van der Waals surface area contributed by atoms with Crippen LogP contribution >= 0.6 is 10.0 Å². The van der Waals surface area contributed by atoms with Crippen LogP contribution in [-0.2, 0) is 35.3 Å². The molecule has 2 aromatic carbocycles. The lowest BCUT2D eigenvalue weighted by atomic mass is 10.1. The van der Waals surface area contributed by atoms with Gasteiger partial charge in [0.05, 0.1) is 0 Å². The largest absolute Gasteiger partial charge is 0.508 e. The minimum Gasteiger partial charge on any atom is -0.508 e. The molecular weight excluding hydrogens is 651 g/mol. The van der Waals surface area contributed by atoms with Gasteiger partial charge in [0.1, 0.15) is 5.75 Å². The Labute approximate surface area is 223 Å². The molecule has 2 aromatic rings. The number of alkyl halides is 9. The molecule has 0 aromatic heterocycles. The van der Waals surface area contributed by atoms with Crippen molar-refractivity contribution in [2.24, 2.45) is 0 Å². The lowest BCUT2D eigenvalue weighted by Crippen LogP contribution is -2.65. The van der Waals surface area contributed by atoms with Gasteiger partial charge in [-0.2, -0.15) is 49.5 Å². The van der Waals surface area contributed by atoms with Gasteiger partial charge in [-0.3, -0.25) is 0 Å². The lowest BCUT2D eigenvalue weighted by Gasteiger charge is -2.50. The van der Waals surface area contributed by atoms with Crippen molar-refractivity contribution in [3.63, 3.8) is 0 Å². The van der Waals surface area contributed by atoms with Crippen molar-refractivity contribution in [2.75, 3.05) is 6.26 Å². The highest BCUT2D eigenvalue weighted by Crippen LogP contribution is 2.75. The van der Waals surface area contributed by atoms with Crippen molar-refractivity contribution in [3.8, 4) is 5.75 Å². The van der Waals surface area contributed by atoms with E-state index in [0.29, 0.717) is 24.3 Å². The number of sulfone groups is 3. The second kappa shape index (κ2) is 10.1. The molecule has 0 fully saturated rings. The normalized spacial score (nSPS) is 16.6. The summed E-state index contributed by atoms with van der Waals surface area (Å²) in [6.45, 7) is 3.38. The second-order valence-electron chi connectivity index (χ2n) is 8.02. The van der Waals surface area contributed by atoms with Gasteiger partial charge in [-0.15, -0.1) is 0 Å². The average Bonchev–Trinajstić information content (AvgIpc) is 2.77. The quantitative estimate of drug-likeness (QED) is 0.372. The molecular formula is C20H17F9O7S4. The fraction of sp³-hybridized carbons (Fsp3) is 0.300. The third kappa shape index (κ3) is 4.85. The van der Waals surface area contributed by atoms with Crippen molar-refractivity contribution in [2.45, 2.75) is 29.9 Å². The number of rotatable bonds is 8. The smallest absolute Gasteiger partial charge is 0.500 e. The Morgan fingerprint density at radius 1 is 0.675 bits per heavy atom. The number of phenols is 1. The van der Waals surface area contributed by atoms with Gasteiger partial charge in [-0.05, 0) is 46.5 Å². The zero-order valence-corrected chi connectivity index (χ0v) is 22.8. The molecule has 1 unspecified atom stereocenters. The summed E-state index contributed by atoms with van der Waals surface area (Å²) in [4.78, 5) is -1.27. The number of hydrogen-bond donors (Lipinski definition) is 1. The summed E-state index contributed by atoms with van der Waals surface area (Å²) in [6, 6.07) is 5.58. The molecule has 0 radical (unpaired) electrons. The maximum atomic E-state index is 14.0. The molecule has 0 spiro atoms. The first kappa shape index (κ1) is 33.8. The number of phenolic OH excluding ortho intramolecular Hbond substituents is 1. The lowest BCUT2D eigenvalue weighted by molar-refractivity contribution is -0.0497. The van der Waals surface area contributed by atoms with E-state index in [4.69, 9.17) is 0 Å². The predicted octanol–water partition coefficient (Wildman–Crippen LogP) is 5.44. The molecule has 0 amide bonds. The third-order valence-electron chi connectivity index (χ3n) is 5.48. The second-order valence-corrected chi connectivity index (χ2v) is 19.4. The molecule has 0 heterocycles. The number of aromatic hydroxyl groups is 1. The highest BCUT2D eigenvalue weighted by atomic mass is 32.4. The fourth-order valence-corrected chi connectivity index (χ4v) is 20.0. The summed E-state index contributed by atoms with van der Waals surface area (Å²) in [5, 5.41) is 9.55. The van der Waals surface area contributed by atoms with Gasteiger partial charge < -0.3 is 5.11 Å². The Kier molecular flexibility index (Phi) is 8.54. The molecule has 2 rings (SSSR count). The number of benzene rings is 2. The maximum Gasteiger partial charge on any atom is 0.500 e. The van der Waals surface area contributed by atoms with E-state index in [2.05, 4.69) is 6.58 Å². The van der Waals surface area contributed by atoms with Gasteiger partial charge in [0.25, 0.3) is 29.5 Å². The summed E-state index contributed by atoms with van der Waals surface area (Å²) in [5.41, 5.74) is -22.1. The molecule has 0 aliphatic rings. The maximum absolute atomic E-state index is 14.0. The van der Waals surface area contributed by atoms with E-state index in [-0.39, 0.29) is 11.8 Å². The van der Waals surface area contributed by atoms with Gasteiger partial charge >= 0.3 is 19.3 Å².